The zero-order chi connectivity index (χ0) is 9.19. The van der Waals surface area contributed by atoms with Gasteiger partial charge < -0.3 is 10.2 Å². The predicted molar refractivity (Wildman–Crippen MR) is 48.8 cm³/mol. The molecule has 2 nitrogen and oxygen atoms in total. The van der Waals surface area contributed by atoms with Gasteiger partial charge in [-0.1, -0.05) is 11.6 Å². The first-order valence-electron chi connectivity index (χ1n) is 4.55. The molecular formula is C10H18O2. The van der Waals surface area contributed by atoms with E-state index in [2.05, 4.69) is 13.0 Å². The minimum Gasteiger partial charge on any atom is -0.393 e. The molecule has 0 aromatic heterocycles. The molecule has 0 saturated heterocycles. The first-order chi connectivity index (χ1) is 5.56. The van der Waals surface area contributed by atoms with Gasteiger partial charge in [0, 0.05) is 0 Å². The smallest absolute Gasteiger partial charge is 0.0880 e. The van der Waals surface area contributed by atoms with Crippen LogP contribution in [0.15, 0.2) is 11.6 Å². The Morgan fingerprint density at radius 2 is 2.33 bits per heavy atom. The summed E-state index contributed by atoms with van der Waals surface area (Å²) in [6.45, 7) is 3.70. The van der Waals surface area contributed by atoms with Crippen LogP contribution in [0.5, 0.6) is 0 Å². The zero-order valence-electron chi connectivity index (χ0n) is 7.88. The summed E-state index contributed by atoms with van der Waals surface area (Å²) in [5.41, 5.74) is 0.511. The Labute approximate surface area is 73.9 Å². The number of hydrogen-bond acceptors (Lipinski definition) is 2. The standard InChI is InChI=1S/C10H18O2/c1-8-3-5-9(6-4-8)10(2,12)7-11/h3,9,11-12H,4-7H2,1-2H3/t9?,10-/m0/s1. The van der Waals surface area contributed by atoms with Gasteiger partial charge >= 0.3 is 0 Å². The highest BCUT2D eigenvalue weighted by atomic mass is 16.3. The fourth-order valence-electron chi connectivity index (χ4n) is 1.66. The molecule has 0 heterocycles. The fourth-order valence-corrected chi connectivity index (χ4v) is 1.66. The Kier molecular flexibility index (Phi) is 2.91. The molecule has 70 valence electrons. The van der Waals surface area contributed by atoms with E-state index in [1.807, 2.05) is 0 Å². The van der Waals surface area contributed by atoms with Crippen LogP contribution in [0.2, 0.25) is 0 Å². The molecule has 0 saturated carbocycles. The second kappa shape index (κ2) is 3.58. The third-order valence-corrected chi connectivity index (χ3v) is 2.84. The summed E-state index contributed by atoms with van der Waals surface area (Å²) >= 11 is 0. The molecule has 0 radical (unpaired) electrons. The van der Waals surface area contributed by atoms with Crippen molar-refractivity contribution in [2.24, 2.45) is 5.92 Å². The highest BCUT2D eigenvalue weighted by Gasteiger charge is 2.31. The van der Waals surface area contributed by atoms with Gasteiger partial charge in [0.15, 0.2) is 0 Å². The number of rotatable bonds is 2. The van der Waals surface area contributed by atoms with Gasteiger partial charge in [-0.15, -0.1) is 0 Å². The van der Waals surface area contributed by atoms with Crippen molar-refractivity contribution in [1.29, 1.82) is 0 Å². The van der Waals surface area contributed by atoms with Crippen molar-refractivity contribution >= 4 is 0 Å². The summed E-state index contributed by atoms with van der Waals surface area (Å²) in [6.07, 6.45) is 5.12. The van der Waals surface area contributed by atoms with Gasteiger partial charge in [0.1, 0.15) is 0 Å². The van der Waals surface area contributed by atoms with Crippen molar-refractivity contribution in [2.75, 3.05) is 6.61 Å². The van der Waals surface area contributed by atoms with Gasteiger partial charge in [-0.3, -0.25) is 0 Å². The van der Waals surface area contributed by atoms with E-state index >= 15 is 0 Å². The first-order valence-corrected chi connectivity index (χ1v) is 4.55. The van der Waals surface area contributed by atoms with Gasteiger partial charge in [-0.05, 0) is 39.0 Å². The quantitative estimate of drug-likeness (QED) is 0.616. The van der Waals surface area contributed by atoms with Crippen molar-refractivity contribution in [3.63, 3.8) is 0 Å². The van der Waals surface area contributed by atoms with E-state index in [4.69, 9.17) is 5.11 Å². The van der Waals surface area contributed by atoms with Crippen molar-refractivity contribution in [3.05, 3.63) is 11.6 Å². The molecule has 2 heteroatoms. The Hall–Kier alpha value is -0.340. The number of aliphatic hydroxyl groups excluding tert-OH is 1. The molecule has 0 bridgehead atoms. The lowest BCUT2D eigenvalue weighted by Gasteiger charge is -2.33. The maximum Gasteiger partial charge on any atom is 0.0880 e. The molecule has 1 rings (SSSR count). The third-order valence-electron chi connectivity index (χ3n) is 2.84. The summed E-state index contributed by atoms with van der Waals surface area (Å²) in [5, 5.41) is 18.7. The minimum absolute atomic E-state index is 0.134. The van der Waals surface area contributed by atoms with Crippen molar-refractivity contribution in [3.8, 4) is 0 Å². The summed E-state index contributed by atoms with van der Waals surface area (Å²) in [7, 11) is 0. The average Bonchev–Trinajstić information content (AvgIpc) is 2.05. The average molecular weight is 170 g/mol. The largest absolute Gasteiger partial charge is 0.393 e. The van der Waals surface area contributed by atoms with Crippen molar-refractivity contribution in [2.45, 2.75) is 38.7 Å². The third kappa shape index (κ3) is 2.08. The molecule has 1 unspecified atom stereocenters. The van der Waals surface area contributed by atoms with E-state index < -0.39 is 5.60 Å². The number of allylic oxidation sites excluding steroid dienone is 2. The predicted octanol–water partition coefficient (Wildman–Crippen LogP) is 1.48. The molecule has 2 N–H and O–H groups in total. The highest BCUT2D eigenvalue weighted by molar-refractivity contribution is 5.05. The number of hydrogen-bond donors (Lipinski definition) is 2. The van der Waals surface area contributed by atoms with Crippen LogP contribution in [0.1, 0.15) is 33.1 Å². The Morgan fingerprint density at radius 3 is 2.75 bits per heavy atom. The van der Waals surface area contributed by atoms with Crippen molar-refractivity contribution < 1.29 is 10.2 Å². The molecule has 1 aliphatic rings. The molecule has 0 aromatic carbocycles. The molecule has 0 aromatic rings. The van der Waals surface area contributed by atoms with E-state index in [1.165, 1.54) is 5.57 Å². The van der Waals surface area contributed by atoms with Crippen molar-refractivity contribution in [1.82, 2.24) is 0 Å². The van der Waals surface area contributed by atoms with Gasteiger partial charge in [0.05, 0.1) is 12.2 Å². The van der Waals surface area contributed by atoms with Gasteiger partial charge in [-0.25, -0.2) is 0 Å². The van der Waals surface area contributed by atoms with Crippen LogP contribution in [-0.2, 0) is 0 Å². The maximum atomic E-state index is 9.75. The van der Waals surface area contributed by atoms with Crippen LogP contribution in [0, 0.1) is 5.92 Å². The Balaban J connectivity index is 2.56. The minimum atomic E-state index is -0.892. The van der Waals surface area contributed by atoms with E-state index in [0.717, 1.165) is 19.3 Å². The SMILES string of the molecule is CC1=CCC([C@@](C)(O)CO)CC1. The van der Waals surface area contributed by atoms with E-state index in [0.29, 0.717) is 0 Å². The molecule has 12 heavy (non-hydrogen) atoms. The summed E-state index contributed by atoms with van der Waals surface area (Å²) in [6, 6.07) is 0. The van der Waals surface area contributed by atoms with Crippen LogP contribution in [0.25, 0.3) is 0 Å². The Morgan fingerprint density at radius 1 is 1.67 bits per heavy atom. The second-order valence-electron chi connectivity index (χ2n) is 4.04. The molecular weight excluding hydrogens is 152 g/mol. The summed E-state index contributed by atoms with van der Waals surface area (Å²) in [5.74, 6) is 0.228. The second-order valence-corrected chi connectivity index (χ2v) is 4.04. The first kappa shape index (κ1) is 9.75. The molecule has 0 aliphatic heterocycles. The molecule has 0 spiro atoms. The molecule has 0 fully saturated rings. The van der Waals surface area contributed by atoms with Crippen LogP contribution < -0.4 is 0 Å². The van der Waals surface area contributed by atoms with Gasteiger partial charge in [0.25, 0.3) is 0 Å². The van der Waals surface area contributed by atoms with E-state index in [1.54, 1.807) is 6.92 Å². The normalized spacial score (nSPS) is 29.3. The van der Waals surface area contributed by atoms with Crippen LogP contribution >= 0.6 is 0 Å². The summed E-state index contributed by atoms with van der Waals surface area (Å²) in [4.78, 5) is 0. The van der Waals surface area contributed by atoms with E-state index in [9.17, 15) is 5.11 Å². The monoisotopic (exact) mass is 170 g/mol. The highest BCUT2D eigenvalue weighted by Crippen LogP contribution is 2.31. The van der Waals surface area contributed by atoms with Crippen LogP contribution in [0.3, 0.4) is 0 Å². The van der Waals surface area contributed by atoms with Gasteiger partial charge in [-0.2, -0.15) is 0 Å². The lowest BCUT2D eigenvalue weighted by molar-refractivity contribution is -0.0496. The lowest BCUT2D eigenvalue weighted by atomic mass is 9.79. The fraction of sp³-hybridized carbons (Fsp3) is 0.800. The Bertz CT molecular complexity index is 182. The van der Waals surface area contributed by atoms with Crippen LogP contribution in [-0.4, -0.2) is 22.4 Å². The zero-order valence-corrected chi connectivity index (χ0v) is 7.88. The molecule has 2 atom stereocenters. The molecule has 0 amide bonds. The topological polar surface area (TPSA) is 40.5 Å². The lowest BCUT2D eigenvalue weighted by Crippen LogP contribution is -2.39. The maximum absolute atomic E-state index is 9.75. The summed E-state index contributed by atoms with van der Waals surface area (Å²) < 4.78 is 0. The van der Waals surface area contributed by atoms with E-state index in [-0.39, 0.29) is 12.5 Å². The molecule has 1 aliphatic carbocycles. The number of aliphatic hydroxyl groups is 2. The van der Waals surface area contributed by atoms with Crippen LogP contribution in [0.4, 0.5) is 0 Å². The van der Waals surface area contributed by atoms with Gasteiger partial charge in [0.2, 0.25) is 0 Å².